The molecule has 11 nitrogen and oxygen atoms in total. The zero-order valence-corrected chi connectivity index (χ0v) is 18.6. The van der Waals surface area contributed by atoms with Gasteiger partial charge in [-0.3, -0.25) is 4.79 Å². The summed E-state index contributed by atoms with van der Waals surface area (Å²) >= 11 is 0. The zero-order valence-electron chi connectivity index (χ0n) is 17.8. The monoisotopic (exact) mass is 465 g/mol. The number of rotatable bonds is 6. The molecule has 1 saturated heterocycles. The van der Waals surface area contributed by atoms with Crippen LogP contribution in [0.3, 0.4) is 0 Å². The molecule has 32 heavy (non-hydrogen) atoms. The average Bonchev–Trinajstić information content (AvgIpc) is 3.20. The number of hydrogen-bond donors (Lipinski definition) is 1. The lowest BCUT2D eigenvalue weighted by molar-refractivity contribution is 0.0598. The van der Waals surface area contributed by atoms with Crippen molar-refractivity contribution in [2.75, 3.05) is 45.8 Å². The van der Waals surface area contributed by atoms with E-state index in [-0.39, 0.29) is 40.5 Å². The molecule has 12 heteroatoms. The second-order valence-corrected chi connectivity index (χ2v) is 8.86. The minimum atomic E-state index is -3.78. The van der Waals surface area contributed by atoms with E-state index in [1.807, 2.05) is 0 Å². The molecular formula is C20H23N3O8S. The lowest BCUT2D eigenvalue weighted by Gasteiger charge is -2.25. The van der Waals surface area contributed by atoms with Crippen molar-refractivity contribution in [1.82, 2.24) is 8.87 Å². The number of sulfonamides is 1. The van der Waals surface area contributed by atoms with Crippen LogP contribution in [-0.4, -0.2) is 75.7 Å². The van der Waals surface area contributed by atoms with Crippen molar-refractivity contribution in [1.29, 1.82) is 0 Å². The van der Waals surface area contributed by atoms with Gasteiger partial charge in [0.15, 0.2) is 0 Å². The van der Waals surface area contributed by atoms with Gasteiger partial charge in [0.1, 0.15) is 10.6 Å². The van der Waals surface area contributed by atoms with Crippen LogP contribution < -0.4 is 5.32 Å². The van der Waals surface area contributed by atoms with Crippen LogP contribution >= 0.6 is 0 Å². The molecule has 0 atom stereocenters. The summed E-state index contributed by atoms with van der Waals surface area (Å²) in [5.41, 5.74) is 0.276. The SMILES string of the molecule is COC(=O)c1cc(NC(=O)c2cc(S(=O)(=O)N3CCOCC3)cn2C)cc(C(=O)OC)c1. The molecule has 0 spiro atoms. The number of carbonyl (C=O) groups excluding carboxylic acids is 3. The number of benzene rings is 1. The molecule has 0 aliphatic carbocycles. The molecule has 0 unspecified atom stereocenters. The first kappa shape index (κ1) is 23.4. The number of nitrogens with zero attached hydrogens (tertiary/aromatic N) is 2. The maximum atomic E-state index is 12.9. The second-order valence-electron chi connectivity index (χ2n) is 6.92. The standard InChI is InChI=1S/C20H23N3O8S/c1-22-12-16(32(27,28)23-4-6-31-7-5-23)11-17(22)18(24)21-15-9-13(19(25)29-2)8-14(10-15)20(26)30-3/h8-12H,4-7H2,1-3H3,(H,21,24). The molecule has 0 bridgehead atoms. The van der Waals surface area contributed by atoms with Gasteiger partial charge in [-0.05, 0) is 24.3 Å². The van der Waals surface area contributed by atoms with Crippen LogP contribution in [0.5, 0.6) is 0 Å². The Hall–Kier alpha value is -3.22. The molecule has 1 fully saturated rings. The van der Waals surface area contributed by atoms with Crippen molar-refractivity contribution >= 4 is 33.6 Å². The fourth-order valence-electron chi connectivity index (χ4n) is 3.20. The van der Waals surface area contributed by atoms with E-state index in [9.17, 15) is 22.8 Å². The lowest BCUT2D eigenvalue weighted by Crippen LogP contribution is -2.40. The predicted octanol–water partition coefficient (Wildman–Crippen LogP) is 0.871. The highest BCUT2D eigenvalue weighted by Gasteiger charge is 2.29. The Morgan fingerprint density at radius 2 is 1.53 bits per heavy atom. The molecular weight excluding hydrogens is 442 g/mol. The third kappa shape index (κ3) is 4.82. The summed E-state index contributed by atoms with van der Waals surface area (Å²) in [6.45, 7) is 1.07. The van der Waals surface area contributed by atoms with Crippen LogP contribution in [0.4, 0.5) is 5.69 Å². The number of aromatic nitrogens is 1. The summed E-state index contributed by atoms with van der Waals surface area (Å²) < 4.78 is 43.0. The van der Waals surface area contributed by atoms with E-state index in [0.29, 0.717) is 13.2 Å². The van der Waals surface area contributed by atoms with Gasteiger partial charge in [-0.1, -0.05) is 0 Å². The topological polar surface area (TPSA) is 133 Å². The Kier molecular flexibility index (Phi) is 6.96. The molecule has 1 N–H and O–H groups in total. The van der Waals surface area contributed by atoms with Crippen molar-refractivity contribution < 1.29 is 37.0 Å². The molecule has 2 heterocycles. The Morgan fingerprint density at radius 1 is 0.969 bits per heavy atom. The number of nitrogens with one attached hydrogen (secondary N) is 1. The fourth-order valence-corrected chi connectivity index (χ4v) is 4.68. The predicted molar refractivity (Wildman–Crippen MR) is 112 cm³/mol. The molecule has 3 rings (SSSR count). The Balaban J connectivity index is 1.89. The van der Waals surface area contributed by atoms with E-state index < -0.39 is 27.9 Å². The van der Waals surface area contributed by atoms with Crippen molar-refractivity contribution in [3.05, 3.63) is 47.3 Å². The quantitative estimate of drug-likeness (QED) is 0.622. The first-order valence-corrected chi connectivity index (χ1v) is 11.0. The number of ether oxygens (including phenoxy) is 3. The van der Waals surface area contributed by atoms with Crippen LogP contribution in [0.2, 0.25) is 0 Å². The average molecular weight is 465 g/mol. The number of amides is 1. The summed E-state index contributed by atoms with van der Waals surface area (Å²) in [5, 5.41) is 2.58. The molecule has 172 valence electrons. The summed E-state index contributed by atoms with van der Waals surface area (Å²) in [6, 6.07) is 5.23. The summed E-state index contributed by atoms with van der Waals surface area (Å²) in [7, 11) is 0.130. The Labute approximate surface area is 184 Å². The number of esters is 2. The number of carbonyl (C=O) groups is 3. The summed E-state index contributed by atoms with van der Waals surface area (Å²) in [4.78, 5) is 36.7. The molecule has 0 saturated carbocycles. The van der Waals surface area contributed by atoms with E-state index in [1.165, 1.54) is 60.6 Å². The van der Waals surface area contributed by atoms with Gasteiger partial charge in [-0.2, -0.15) is 4.31 Å². The molecule has 1 amide bonds. The normalized spacial score (nSPS) is 14.6. The Morgan fingerprint density at radius 3 is 2.06 bits per heavy atom. The highest BCUT2D eigenvalue weighted by Crippen LogP contribution is 2.22. The maximum absolute atomic E-state index is 12.9. The van der Waals surface area contributed by atoms with Crippen LogP contribution in [0.25, 0.3) is 0 Å². The van der Waals surface area contributed by atoms with Gasteiger partial charge >= 0.3 is 11.9 Å². The van der Waals surface area contributed by atoms with Crippen LogP contribution in [0.1, 0.15) is 31.2 Å². The number of methoxy groups -OCH3 is 2. The van der Waals surface area contributed by atoms with Crippen LogP contribution in [-0.2, 0) is 31.3 Å². The number of morpholine rings is 1. The van der Waals surface area contributed by atoms with Gasteiger partial charge in [-0.25, -0.2) is 18.0 Å². The van der Waals surface area contributed by atoms with E-state index in [1.54, 1.807) is 0 Å². The van der Waals surface area contributed by atoms with Gasteiger partial charge in [0.2, 0.25) is 10.0 Å². The molecule has 2 aromatic rings. The van der Waals surface area contributed by atoms with Gasteiger partial charge < -0.3 is 24.1 Å². The number of anilines is 1. The number of aryl methyl sites for hydroxylation is 1. The van der Waals surface area contributed by atoms with Gasteiger partial charge in [0.05, 0.1) is 38.6 Å². The largest absolute Gasteiger partial charge is 0.465 e. The van der Waals surface area contributed by atoms with Crippen molar-refractivity contribution in [2.24, 2.45) is 7.05 Å². The lowest BCUT2D eigenvalue weighted by atomic mass is 10.1. The summed E-state index contributed by atoms with van der Waals surface area (Å²) in [5.74, 6) is -2.04. The zero-order chi connectivity index (χ0) is 23.5. The minimum absolute atomic E-state index is 0.0226. The van der Waals surface area contributed by atoms with Gasteiger partial charge in [0.25, 0.3) is 5.91 Å². The third-order valence-corrected chi connectivity index (χ3v) is 6.72. The van der Waals surface area contributed by atoms with E-state index in [0.717, 1.165) is 0 Å². The molecule has 1 aliphatic rings. The molecule has 1 aromatic carbocycles. The second kappa shape index (κ2) is 9.51. The Bertz CT molecular complexity index is 1120. The smallest absolute Gasteiger partial charge is 0.337 e. The molecule has 1 aromatic heterocycles. The van der Waals surface area contributed by atoms with E-state index in [4.69, 9.17) is 4.74 Å². The highest BCUT2D eigenvalue weighted by molar-refractivity contribution is 7.89. The molecule has 1 aliphatic heterocycles. The van der Waals surface area contributed by atoms with Crippen molar-refractivity contribution in [3.8, 4) is 0 Å². The van der Waals surface area contributed by atoms with Crippen molar-refractivity contribution in [2.45, 2.75) is 4.90 Å². The van der Waals surface area contributed by atoms with Crippen LogP contribution in [0, 0.1) is 0 Å². The molecule has 0 radical (unpaired) electrons. The number of hydrogen-bond acceptors (Lipinski definition) is 8. The van der Waals surface area contributed by atoms with Crippen LogP contribution in [0.15, 0.2) is 35.4 Å². The minimum Gasteiger partial charge on any atom is -0.465 e. The maximum Gasteiger partial charge on any atom is 0.337 e. The highest BCUT2D eigenvalue weighted by atomic mass is 32.2. The van der Waals surface area contributed by atoms with E-state index in [2.05, 4.69) is 14.8 Å². The first-order chi connectivity index (χ1) is 15.2. The fraction of sp³-hybridized carbons (Fsp3) is 0.350. The first-order valence-electron chi connectivity index (χ1n) is 9.54. The van der Waals surface area contributed by atoms with Crippen molar-refractivity contribution in [3.63, 3.8) is 0 Å². The van der Waals surface area contributed by atoms with Gasteiger partial charge in [-0.15, -0.1) is 0 Å². The van der Waals surface area contributed by atoms with E-state index >= 15 is 0 Å². The third-order valence-electron chi connectivity index (χ3n) is 4.85. The summed E-state index contributed by atoms with van der Waals surface area (Å²) in [6.07, 6.45) is 1.35. The van der Waals surface area contributed by atoms with Gasteiger partial charge in [0, 0.05) is 32.0 Å².